The molecule has 0 unspecified atom stereocenters. The molecule has 0 radical (unpaired) electrons. The van der Waals surface area contributed by atoms with Crippen LogP contribution in [-0.2, 0) is 4.74 Å². The van der Waals surface area contributed by atoms with Crippen molar-refractivity contribution in [3.63, 3.8) is 0 Å². The van der Waals surface area contributed by atoms with Crippen molar-refractivity contribution in [3.05, 3.63) is 32.7 Å². The van der Waals surface area contributed by atoms with Gasteiger partial charge in [-0.15, -0.1) is 0 Å². The van der Waals surface area contributed by atoms with Crippen LogP contribution in [-0.4, -0.2) is 17.3 Å². The van der Waals surface area contributed by atoms with Crippen molar-refractivity contribution in [2.45, 2.75) is 19.1 Å². The molecule has 0 aliphatic heterocycles. The summed E-state index contributed by atoms with van der Waals surface area (Å²) < 4.78 is 6.25. The first-order valence-electron chi connectivity index (χ1n) is 4.51. The molecule has 3 N–H and O–H groups in total. The minimum Gasteiger partial charge on any atom is -0.444 e. The van der Waals surface area contributed by atoms with E-state index in [1.807, 2.05) is 6.07 Å². The van der Waals surface area contributed by atoms with Crippen molar-refractivity contribution in [2.75, 3.05) is 0 Å². The summed E-state index contributed by atoms with van der Waals surface area (Å²) in [4.78, 5) is 10.6. The Morgan fingerprint density at radius 1 is 1.50 bits per heavy atom. The van der Waals surface area contributed by atoms with Gasteiger partial charge in [0.2, 0.25) is 0 Å². The van der Waals surface area contributed by atoms with Crippen LogP contribution in [0.2, 0.25) is 0 Å². The number of rotatable bonds is 3. The van der Waals surface area contributed by atoms with E-state index < -0.39 is 18.3 Å². The highest BCUT2D eigenvalue weighted by Gasteiger charge is 2.22. The van der Waals surface area contributed by atoms with Crippen molar-refractivity contribution < 1.29 is 14.6 Å². The maximum Gasteiger partial charge on any atom is 0.404 e. The van der Waals surface area contributed by atoms with Gasteiger partial charge in [0.1, 0.15) is 12.2 Å². The maximum absolute atomic E-state index is 10.6. The zero-order chi connectivity index (χ0) is 12.3. The molecule has 6 heteroatoms. The largest absolute Gasteiger partial charge is 0.444 e. The highest BCUT2D eigenvalue weighted by molar-refractivity contribution is 9.13. The van der Waals surface area contributed by atoms with Gasteiger partial charge in [0, 0.05) is 8.95 Å². The van der Waals surface area contributed by atoms with E-state index in [0.717, 1.165) is 8.95 Å². The molecule has 4 nitrogen and oxygen atoms in total. The number of ether oxygens (including phenoxy) is 1. The lowest BCUT2D eigenvalue weighted by molar-refractivity contribution is 0.0154. The molecule has 0 aromatic heterocycles. The van der Waals surface area contributed by atoms with Crippen LogP contribution in [0, 0.1) is 0 Å². The molecule has 1 rings (SSSR count). The smallest absolute Gasteiger partial charge is 0.404 e. The molecule has 16 heavy (non-hydrogen) atoms. The van der Waals surface area contributed by atoms with E-state index in [4.69, 9.17) is 10.5 Å². The van der Waals surface area contributed by atoms with Crippen LogP contribution in [0.15, 0.2) is 27.1 Å². The van der Waals surface area contributed by atoms with Crippen molar-refractivity contribution >= 4 is 38.0 Å². The number of nitrogens with two attached hydrogens (primary N) is 1. The average molecular weight is 353 g/mol. The Balaban J connectivity index is 2.91. The molecule has 2 atom stereocenters. The highest BCUT2D eigenvalue weighted by atomic mass is 79.9. The third kappa shape index (κ3) is 3.20. The number of primary amides is 1. The average Bonchev–Trinajstić information content (AvgIpc) is 2.20. The van der Waals surface area contributed by atoms with Crippen molar-refractivity contribution in [1.82, 2.24) is 0 Å². The summed E-state index contributed by atoms with van der Waals surface area (Å²) in [7, 11) is 0. The Bertz CT molecular complexity index is 398. The van der Waals surface area contributed by atoms with Gasteiger partial charge in [0.05, 0.1) is 0 Å². The van der Waals surface area contributed by atoms with E-state index in [-0.39, 0.29) is 0 Å². The number of aliphatic hydroxyl groups is 1. The molecule has 0 fully saturated rings. The standard InChI is InChI=1S/C10H11Br2NO3/c1-5(16-10(13)15)9(14)6-3-2-4-7(11)8(6)12/h2-5,9,14H,1H3,(H2,13,15)/t5-,9+/m0/s1. The van der Waals surface area contributed by atoms with Crippen LogP contribution in [0.3, 0.4) is 0 Å². The first-order valence-corrected chi connectivity index (χ1v) is 6.10. The fraction of sp³-hybridized carbons (Fsp3) is 0.300. The fourth-order valence-electron chi connectivity index (χ4n) is 1.25. The third-order valence-electron chi connectivity index (χ3n) is 2.05. The van der Waals surface area contributed by atoms with Gasteiger partial charge in [-0.2, -0.15) is 0 Å². The molecule has 1 amide bonds. The molecule has 1 aromatic carbocycles. The molecule has 0 aliphatic rings. The quantitative estimate of drug-likeness (QED) is 0.878. The van der Waals surface area contributed by atoms with Gasteiger partial charge >= 0.3 is 6.09 Å². The molecule has 0 bridgehead atoms. The zero-order valence-electron chi connectivity index (χ0n) is 8.48. The number of hydrogen-bond donors (Lipinski definition) is 2. The lowest BCUT2D eigenvalue weighted by atomic mass is 10.1. The Hall–Kier alpha value is -0.590. The first kappa shape index (κ1) is 13.5. The van der Waals surface area contributed by atoms with Gasteiger partial charge in [-0.25, -0.2) is 4.79 Å². The fourth-order valence-corrected chi connectivity index (χ4v) is 2.13. The van der Waals surface area contributed by atoms with Crippen LogP contribution in [0.25, 0.3) is 0 Å². The second kappa shape index (κ2) is 5.65. The molecular formula is C10H11Br2NO3. The summed E-state index contributed by atoms with van der Waals surface area (Å²) in [5.74, 6) is 0. The highest BCUT2D eigenvalue weighted by Crippen LogP contribution is 2.32. The molecule has 0 saturated heterocycles. The normalized spacial score (nSPS) is 14.2. The van der Waals surface area contributed by atoms with Crippen molar-refractivity contribution in [1.29, 1.82) is 0 Å². The topological polar surface area (TPSA) is 72.5 Å². The van der Waals surface area contributed by atoms with Gasteiger partial charge in [0.25, 0.3) is 0 Å². The number of aliphatic hydroxyl groups excluding tert-OH is 1. The number of amides is 1. The van der Waals surface area contributed by atoms with Crippen LogP contribution >= 0.6 is 31.9 Å². The van der Waals surface area contributed by atoms with E-state index in [1.165, 1.54) is 0 Å². The van der Waals surface area contributed by atoms with Crippen molar-refractivity contribution in [3.8, 4) is 0 Å². The van der Waals surface area contributed by atoms with E-state index in [2.05, 4.69) is 31.9 Å². The molecule has 0 heterocycles. The summed E-state index contributed by atoms with van der Waals surface area (Å²) in [6, 6.07) is 5.35. The summed E-state index contributed by atoms with van der Waals surface area (Å²) >= 11 is 6.66. The number of benzene rings is 1. The Kier molecular flexibility index (Phi) is 4.76. The molecule has 88 valence electrons. The lowest BCUT2D eigenvalue weighted by Gasteiger charge is -2.20. The Morgan fingerprint density at radius 2 is 2.12 bits per heavy atom. The van der Waals surface area contributed by atoms with E-state index in [9.17, 15) is 9.90 Å². The molecule has 0 saturated carbocycles. The number of carbonyl (C=O) groups excluding carboxylic acids is 1. The van der Waals surface area contributed by atoms with Crippen molar-refractivity contribution in [2.24, 2.45) is 5.73 Å². The van der Waals surface area contributed by atoms with Gasteiger partial charge < -0.3 is 15.6 Å². The zero-order valence-corrected chi connectivity index (χ0v) is 11.7. The van der Waals surface area contributed by atoms with E-state index in [1.54, 1.807) is 19.1 Å². The summed E-state index contributed by atoms with van der Waals surface area (Å²) in [6.07, 6.45) is -2.54. The van der Waals surface area contributed by atoms with Gasteiger partial charge in [-0.3, -0.25) is 0 Å². The lowest BCUT2D eigenvalue weighted by Crippen LogP contribution is -2.26. The second-order valence-corrected chi connectivity index (χ2v) is 4.88. The molecule has 1 aromatic rings. The van der Waals surface area contributed by atoms with Crippen LogP contribution < -0.4 is 5.73 Å². The predicted molar refractivity (Wildman–Crippen MR) is 66.9 cm³/mol. The second-order valence-electron chi connectivity index (χ2n) is 3.23. The molecule has 0 spiro atoms. The van der Waals surface area contributed by atoms with Gasteiger partial charge in [-0.1, -0.05) is 12.1 Å². The van der Waals surface area contributed by atoms with E-state index >= 15 is 0 Å². The molecule has 0 aliphatic carbocycles. The van der Waals surface area contributed by atoms with Gasteiger partial charge in [0.15, 0.2) is 0 Å². The molecular weight excluding hydrogens is 342 g/mol. The maximum atomic E-state index is 10.6. The number of halogens is 2. The predicted octanol–water partition coefficient (Wildman–Crippen LogP) is 2.73. The van der Waals surface area contributed by atoms with Crippen LogP contribution in [0.4, 0.5) is 4.79 Å². The minimum atomic E-state index is -0.931. The van der Waals surface area contributed by atoms with Crippen LogP contribution in [0.5, 0.6) is 0 Å². The number of hydrogen-bond acceptors (Lipinski definition) is 3. The minimum absolute atomic E-state index is 0.628. The SMILES string of the molecule is C[C@H](OC(N)=O)[C@@H](O)c1cccc(Br)c1Br. The summed E-state index contributed by atoms with van der Waals surface area (Å²) in [5.41, 5.74) is 5.51. The Morgan fingerprint density at radius 3 is 2.69 bits per heavy atom. The monoisotopic (exact) mass is 351 g/mol. The number of carbonyl (C=O) groups is 1. The van der Waals surface area contributed by atoms with Gasteiger partial charge in [-0.05, 0) is 50.4 Å². The summed E-state index contributed by atoms with van der Waals surface area (Å²) in [5, 5.41) is 9.96. The first-order chi connectivity index (χ1) is 7.43. The summed E-state index contributed by atoms with van der Waals surface area (Å²) in [6.45, 7) is 1.57. The third-order valence-corrected chi connectivity index (χ3v) is 4.12. The van der Waals surface area contributed by atoms with Crippen LogP contribution in [0.1, 0.15) is 18.6 Å². The Labute approximate surface area is 110 Å². The van der Waals surface area contributed by atoms with E-state index in [0.29, 0.717) is 5.56 Å².